The summed E-state index contributed by atoms with van der Waals surface area (Å²) in [5.74, 6) is -0.747. The van der Waals surface area contributed by atoms with Gasteiger partial charge in [-0.25, -0.2) is 8.42 Å². The number of benzene rings is 2. The van der Waals surface area contributed by atoms with Crippen molar-refractivity contribution in [1.29, 1.82) is 5.26 Å². The zero-order valence-electron chi connectivity index (χ0n) is 19.2. The summed E-state index contributed by atoms with van der Waals surface area (Å²) >= 11 is 0. The summed E-state index contributed by atoms with van der Waals surface area (Å²) in [4.78, 5) is 12.5. The summed E-state index contributed by atoms with van der Waals surface area (Å²) in [7, 11) is -3.35. The molecule has 0 aliphatic rings. The fraction of sp³-hybridized carbons (Fsp3) is 0.417. The van der Waals surface area contributed by atoms with Crippen LogP contribution in [0.2, 0.25) is 0 Å². The van der Waals surface area contributed by atoms with E-state index in [9.17, 15) is 26.4 Å². The van der Waals surface area contributed by atoms with Gasteiger partial charge in [0.05, 0.1) is 22.8 Å². The van der Waals surface area contributed by atoms with Gasteiger partial charge >= 0.3 is 6.18 Å². The average Bonchev–Trinajstić information content (AvgIpc) is 2.79. The van der Waals surface area contributed by atoms with Crippen molar-refractivity contribution < 1.29 is 26.4 Å². The zero-order chi connectivity index (χ0) is 25.5. The Kier molecular flexibility index (Phi) is 9.24. The van der Waals surface area contributed by atoms with Crippen LogP contribution in [0.3, 0.4) is 0 Å². The molecule has 0 bridgehead atoms. The van der Waals surface area contributed by atoms with Crippen LogP contribution in [0.1, 0.15) is 38.8 Å². The molecule has 2 aromatic carbocycles. The molecule has 2 N–H and O–H groups in total. The van der Waals surface area contributed by atoms with E-state index in [4.69, 9.17) is 5.26 Å². The second-order valence-corrected chi connectivity index (χ2v) is 10.5. The molecule has 0 fully saturated rings. The van der Waals surface area contributed by atoms with Gasteiger partial charge in [-0.2, -0.15) is 18.4 Å². The molecule has 34 heavy (non-hydrogen) atoms. The fourth-order valence-corrected chi connectivity index (χ4v) is 4.33. The zero-order valence-corrected chi connectivity index (χ0v) is 20.0. The van der Waals surface area contributed by atoms with E-state index >= 15 is 0 Å². The number of halogens is 3. The number of hydrogen-bond donors (Lipinski definition) is 2. The summed E-state index contributed by atoms with van der Waals surface area (Å²) in [6, 6.07) is 10.4. The van der Waals surface area contributed by atoms with Gasteiger partial charge in [-0.05, 0) is 41.2 Å². The number of sulfone groups is 1. The molecule has 0 saturated heterocycles. The van der Waals surface area contributed by atoms with Gasteiger partial charge in [0.15, 0.2) is 9.84 Å². The number of nitrogens with zero attached hydrogens (tertiary/aromatic N) is 1. The first-order valence-electron chi connectivity index (χ1n) is 10.8. The lowest BCUT2D eigenvalue weighted by atomic mass is 9.97. The highest BCUT2D eigenvalue weighted by atomic mass is 32.2. The van der Waals surface area contributed by atoms with Crippen LogP contribution in [0.4, 0.5) is 13.2 Å². The first-order chi connectivity index (χ1) is 15.9. The summed E-state index contributed by atoms with van der Waals surface area (Å²) < 4.78 is 65.7. The highest BCUT2D eigenvalue weighted by Gasteiger charge is 2.42. The van der Waals surface area contributed by atoms with Gasteiger partial charge in [-0.15, -0.1) is 0 Å². The SMILES string of the molecule is CCS(=O)(=O)c1ccc(-c2ccc([C@H](N[C@@H](CC(C)C)C(=O)NCC#N)C(F)(F)F)cc2)cc1. The standard InChI is InChI=1S/C24H28F3N3O3S/c1-4-34(32,33)20-11-9-18(10-12-20)17-5-7-19(8-6-17)22(24(25,26)27)30-21(15-16(2)3)23(31)29-14-13-28/h5-12,16,21-22,30H,4,14-15H2,1-3H3,(H,29,31)/t21-,22-/m0/s1. The van der Waals surface area contributed by atoms with Crippen molar-refractivity contribution >= 4 is 15.7 Å². The molecule has 2 aromatic rings. The molecule has 0 unspecified atom stereocenters. The summed E-state index contributed by atoms with van der Waals surface area (Å²) in [5, 5.41) is 13.4. The highest BCUT2D eigenvalue weighted by Crippen LogP contribution is 2.34. The number of alkyl halides is 3. The van der Waals surface area contributed by atoms with Gasteiger partial charge in [-0.1, -0.05) is 57.2 Å². The van der Waals surface area contributed by atoms with Crippen molar-refractivity contribution in [2.45, 2.75) is 50.3 Å². The third-order valence-corrected chi connectivity index (χ3v) is 6.98. The van der Waals surface area contributed by atoms with Crippen LogP contribution in [-0.4, -0.2) is 38.8 Å². The van der Waals surface area contributed by atoms with Crippen molar-refractivity contribution in [3.63, 3.8) is 0 Å². The molecule has 2 rings (SSSR count). The van der Waals surface area contributed by atoms with Crippen molar-refractivity contribution in [1.82, 2.24) is 10.6 Å². The molecule has 0 heterocycles. The Hall–Kier alpha value is -2.90. The number of carbonyl (C=O) groups excluding carboxylic acids is 1. The minimum absolute atomic E-state index is 0.0286. The van der Waals surface area contributed by atoms with E-state index in [1.165, 1.54) is 36.4 Å². The topological polar surface area (TPSA) is 99.1 Å². The van der Waals surface area contributed by atoms with E-state index in [2.05, 4.69) is 10.6 Å². The molecule has 2 atom stereocenters. The Morgan fingerprint density at radius 2 is 1.56 bits per heavy atom. The van der Waals surface area contributed by atoms with Crippen molar-refractivity contribution in [2.75, 3.05) is 12.3 Å². The van der Waals surface area contributed by atoms with Crippen LogP contribution in [0, 0.1) is 17.2 Å². The molecule has 10 heteroatoms. The first-order valence-corrected chi connectivity index (χ1v) is 12.4. The lowest BCUT2D eigenvalue weighted by Gasteiger charge is -2.28. The number of nitrogens with one attached hydrogen (secondary N) is 2. The van der Waals surface area contributed by atoms with Gasteiger partial charge in [-0.3, -0.25) is 10.1 Å². The van der Waals surface area contributed by atoms with Crippen LogP contribution in [0.5, 0.6) is 0 Å². The van der Waals surface area contributed by atoms with Crippen LogP contribution in [0.25, 0.3) is 11.1 Å². The summed E-state index contributed by atoms with van der Waals surface area (Å²) in [6.07, 6.45) is -4.50. The summed E-state index contributed by atoms with van der Waals surface area (Å²) in [6.45, 7) is 4.84. The first kappa shape index (κ1) is 27.3. The van der Waals surface area contributed by atoms with Crippen LogP contribution >= 0.6 is 0 Å². The monoisotopic (exact) mass is 495 g/mol. The molecular formula is C24H28F3N3O3S. The molecular weight excluding hydrogens is 467 g/mol. The van der Waals surface area contributed by atoms with E-state index in [1.807, 2.05) is 0 Å². The van der Waals surface area contributed by atoms with Crippen LogP contribution in [-0.2, 0) is 14.6 Å². The number of rotatable bonds is 10. The van der Waals surface area contributed by atoms with Gasteiger partial charge in [0.25, 0.3) is 0 Å². The molecule has 0 radical (unpaired) electrons. The summed E-state index contributed by atoms with van der Waals surface area (Å²) in [5.41, 5.74) is 1.21. The van der Waals surface area contributed by atoms with Crippen molar-refractivity contribution in [3.05, 3.63) is 54.1 Å². The molecule has 0 saturated carbocycles. The predicted molar refractivity (Wildman–Crippen MR) is 123 cm³/mol. The lowest BCUT2D eigenvalue weighted by molar-refractivity contribution is -0.161. The van der Waals surface area contributed by atoms with Crippen LogP contribution < -0.4 is 10.6 Å². The molecule has 0 spiro atoms. The van der Waals surface area contributed by atoms with Gasteiger partial charge in [0, 0.05) is 0 Å². The van der Waals surface area contributed by atoms with E-state index in [0.717, 1.165) is 0 Å². The van der Waals surface area contributed by atoms with Gasteiger partial charge < -0.3 is 5.32 Å². The number of hydrogen-bond acceptors (Lipinski definition) is 5. The highest BCUT2D eigenvalue weighted by molar-refractivity contribution is 7.91. The maximum Gasteiger partial charge on any atom is 0.407 e. The maximum absolute atomic E-state index is 13.9. The predicted octanol–water partition coefficient (Wildman–Crippen LogP) is 4.39. The second-order valence-electron chi connectivity index (χ2n) is 8.25. The Bertz CT molecular complexity index is 1110. The largest absolute Gasteiger partial charge is 0.407 e. The Morgan fingerprint density at radius 3 is 2.00 bits per heavy atom. The quantitative estimate of drug-likeness (QED) is 0.476. The minimum atomic E-state index is -4.66. The van der Waals surface area contributed by atoms with Crippen molar-refractivity contribution in [2.24, 2.45) is 5.92 Å². The molecule has 0 aliphatic carbocycles. The van der Waals surface area contributed by atoms with E-state index < -0.39 is 34.0 Å². The third-order valence-electron chi connectivity index (χ3n) is 5.23. The number of amides is 1. The van der Waals surface area contributed by atoms with Crippen molar-refractivity contribution in [3.8, 4) is 17.2 Å². The molecule has 0 aromatic heterocycles. The Balaban J connectivity index is 2.31. The van der Waals surface area contributed by atoms with Gasteiger partial charge in [0.1, 0.15) is 12.6 Å². The number of nitriles is 1. The third kappa shape index (κ3) is 7.30. The normalized spacial score (nSPS) is 13.8. The molecule has 184 valence electrons. The minimum Gasteiger partial charge on any atom is -0.342 e. The Labute approximate surface area is 198 Å². The van der Waals surface area contributed by atoms with Crippen LogP contribution in [0.15, 0.2) is 53.4 Å². The Morgan fingerprint density at radius 1 is 1.03 bits per heavy atom. The van der Waals surface area contributed by atoms with E-state index in [0.29, 0.717) is 11.1 Å². The maximum atomic E-state index is 13.9. The molecule has 1 amide bonds. The van der Waals surface area contributed by atoms with E-state index in [1.54, 1.807) is 39.0 Å². The van der Waals surface area contributed by atoms with E-state index in [-0.39, 0.29) is 35.1 Å². The fourth-order valence-electron chi connectivity index (χ4n) is 3.44. The number of carbonyl (C=O) groups is 1. The molecule has 0 aliphatic heterocycles. The smallest absolute Gasteiger partial charge is 0.342 e. The average molecular weight is 496 g/mol. The van der Waals surface area contributed by atoms with Gasteiger partial charge in [0.2, 0.25) is 5.91 Å². The lowest BCUT2D eigenvalue weighted by Crippen LogP contribution is -2.49. The molecule has 6 nitrogen and oxygen atoms in total. The second kappa shape index (κ2) is 11.5.